The van der Waals surface area contributed by atoms with Crippen molar-refractivity contribution in [3.05, 3.63) is 24.3 Å². The Labute approximate surface area is 124 Å². The van der Waals surface area contributed by atoms with E-state index in [2.05, 4.69) is 5.32 Å². The monoisotopic (exact) mass is 313 g/mol. The maximum Gasteiger partial charge on any atom is 0.313 e. The van der Waals surface area contributed by atoms with E-state index >= 15 is 0 Å². The highest BCUT2D eigenvalue weighted by Gasteiger charge is 2.47. The van der Waals surface area contributed by atoms with Crippen LogP contribution in [-0.4, -0.2) is 44.5 Å². The predicted octanol–water partition coefficient (Wildman–Crippen LogP) is 1.38. The summed E-state index contributed by atoms with van der Waals surface area (Å²) in [6.07, 6.45) is 0. The molecule has 0 spiro atoms. The molecule has 1 heterocycles. The Hall–Kier alpha value is -1.60. The number of carboxylic acids is 1. The largest absolute Gasteiger partial charge is 0.481 e. The van der Waals surface area contributed by atoms with Crippen molar-refractivity contribution in [1.29, 1.82) is 0 Å². The molecular weight excluding hydrogens is 294 g/mol. The molecule has 0 saturated carbocycles. The van der Waals surface area contributed by atoms with E-state index in [0.29, 0.717) is 5.69 Å². The van der Waals surface area contributed by atoms with Gasteiger partial charge in [0.2, 0.25) is 0 Å². The average Bonchev–Trinajstić information content (AvgIpc) is 2.82. The first-order valence-corrected chi connectivity index (χ1v) is 8.36. The van der Waals surface area contributed by atoms with Gasteiger partial charge in [0, 0.05) is 0 Å². The van der Waals surface area contributed by atoms with E-state index in [1.54, 1.807) is 32.0 Å². The van der Waals surface area contributed by atoms with Crippen molar-refractivity contribution >= 4 is 21.5 Å². The number of hydrogen-bond acceptors (Lipinski definition) is 5. The number of sulfone groups is 1. The first-order valence-electron chi connectivity index (χ1n) is 6.70. The maximum atomic E-state index is 12.1. The molecule has 2 rings (SSSR count). The molecule has 0 amide bonds. The minimum Gasteiger partial charge on any atom is -0.481 e. The summed E-state index contributed by atoms with van der Waals surface area (Å²) in [5.74, 6) is -0.975. The summed E-state index contributed by atoms with van der Waals surface area (Å²) in [7, 11) is -3.38. The predicted molar refractivity (Wildman–Crippen MR) is 78.1 cm³/mol. The van der Waals surface area contributed by atoms with Crippen molar-refractivity contribution in [1.82, 2.24) is 0 Å². The Morgan fingerprint density at radius 3 is 2.76 bits per heavy atom. The minimum atomic E-state index is -3.38. The summed E-state index contributed by atoms with van der Waals surface area (Å²) in [6.45, 7) is 3.50. The van der Waals surface area contributed by atoms with Crippen LogP contribution in [0.3, 0.4) is 0 Å². The van der Waals surface area contributed by atoms with Crippen LogP contribution in [-0.2, 0) is 19.4 Å². The maximum absolute atomic E-state index is 12.1. The number of benzene rings is 1. The van der Waals surface area contributed by atoms with E-state index in [-0.39, 0.29) is 23.9 Å². The van der Waals surface area contributed by atoms with Crippen molar-refractivity contribution in [2.24, 2.45) is 5.41 Å². The molecule has 2 unspecified atom stereocenters. The molecule has 1 aromatic rings. The molecule has 0 aromatic heterocycles. The zero-order valence-corrected chi connectivity index (χ0v) is 12.8. The highest BCUT2D eigenvalue weighted by molar-refractivity contribution is 7.91. The normalized spacial score (nSPS) is 25.7. The van der Waals surface area contributed by atoms with E-state index in [0.717, 1.165) is 0 Å². The third-order valence-corrected chi connectivity index (χ3v) is 5.66. The molecule has 0 aliphatic carbocycles. The Morgan fingerprint density at radius 2 is 2.14 bits per heavy atom. The van der Waals surface area contributed by atoms with E-state index in [1.165, 1.54) is 6.07 Å². The zero-order valence-electron chi connectivity index (χ0n) is 12.0. The Kier molecular flexibility index (Phi) is 4.25. The smallest absolute Gasteiger partial charge is 0.313 e. The summed E-state index contributed by atoms with van der Waals surface area (Å²) in [4.78, 5) is 11.6. The average molecular weight is 313 g/mol. The molecule has 6 nitrogen and oxygen atoms in total. The van der Waals surface area contributed by atoms with Crippen LogP contribution in [0.15, 0.2) is 29.2 Å². The molecule has 1 aliphatic heterocycles. The topological polar surface area (TPSA) is 92.7 Å². The Bertz CT molecular complexity index is 643. The van der Waals surface area contributed by atoms with Gasteiger partial charge in [-0.15, -0.1) is 0 Å². The van der Waals surface area contributed by atoms with Gasteiger partial charge in [-0.05, 0) is 19.1 Å². The van der Waals surface area contributed by atoms with Crippen LogP contribution in [0.2, 0.25) is 0 Å². The lowest BCUT2D eigenvalue weighted by molar-refractivity contribution is -0.148. The van der Waals surface area contributed by atoms with Crippen molar-refractivity contribution in [3.63, 3.8) is 0 Å². The number of ether oxygens (including phenoxy) is 1. The first-order chi connectivity index (χ1) is 9.81. The SMILES string of the molecule is CCS(=O)(=O)c1ccccc1NC1COCC1(C)C(=O)O. The number of hydrogen-bond donors (Lipinski definition) is 2. The highest BCUT2D eigenvalue weighted by atomic mass is 32.2. The summed E-state index contributed by atoms with van der Waals surface area (Å²) < 4.78 is 29.5. The summed E-state index contributed by atoms with van der Waals surface area (Å²) in [5.41, 5.74) is -0.661. The second-order valence-corrected chi connectivity index (χ2v) is 7.58. The summed E-state index contributed by atoms with van der Waals surface area (Å²) in [5, 5.41) is 12.4. The van der Waals surface area contributed by atoms with Crippen molar-refractivity contribution in [2.75, 3.05) is 24.3 Å². The standard InChI is InChI=1S/C14H19NO5S/c1-3-21(18,19)11-7-5-4-6-10(11)15-12-8-20-9-14(12,2)13(16)17/h4-7,12,15H,3,8-9H2,1-2H3,(H,16,17). The van der Waals surface area contributed by atoms with Gasteiger partial charge >= 0.3 is 5.97 Å². The van der Waals surface area contributed by atoms with Gasteiger partial charge in [0.1, 0.15) is 5.41 Å². The molecule has 21 heavy (non-hydrogen) atoms. The van der Waals surface area contributed by atoms with Crippen LogP contribution in [0.5, 0.6) is 0 Å². The van der Waals surface area contributed by atoms with Crippen LogP contribution in [0.4, 0.5) is 5.69 Å². The van der Waals surface area contributed by atoms with Crippen molar-refractivity contribution < 1.29 is 23.1 Å². The van der Waals surface area contributed by atoms with Crippen LogP contribution in [0, 0.1) is 5.41 Å². The lowest BCUT2D eigenvalue weighted by atomic mass is 9.85. The Balaban J connectivity index is 2.35. The zero-order chi connectivity index (χ0) is 15.7. The number of rotatable bonds is 5. The molecule has 0 radical (unpaired) electrons. The van der Waals surface area contributed by atoms with Crippen LogP contribution < -0.4 is 5.32 Å². The lowest BCUT2D eigenvalue weighted by Crippen LogP contribution is -2.43. The molecule has 1 fully saturated rings. The number of carboxylic acid groups (broad SMARTS) is 1. The quantitative estimate of drug-likeness (QED) is 0.853. The van der Waals surface area contributed by atoms with Gasteiger partial charge in [-0.2, -0.15) is 0 Å². The van der Waals surface area contributed by atoms with Gasteiger partial charge in [-0.3, -0.25) is 4.79 Å². The molecule has 2 atom stereocenters. The third-order valence-electron chi connectivity index (χ3n) is 3.88. The van der Waals surface area contributed by atoms with Crippen LogP contribution in [0.1, 0.15) is 13.8 Å². The molecule has 7 heteroatoms. The fourth-order valence-corrected chi connectivity index (χ4v) is 3.34. The molecule has 0 bridgehead atoms. The van der Waals surface area contributed by atoms with Crippen molar-refractivity contribution in [2.45, 2.75) is 24.8 Å². The number of aliphatic carboxylic acids is 1. The molecule has 1 aliphatic rings. The van der Waals surface area contributed by atoms with Gasteiger partial charge < -0.3 is 15.2 Å². The second-order valence-electron chi connectivity index (χ2n) is 5.33. The molecular formula is C14H19NO5S. The van der Waals surface area contributed by atoms with Gasteiger partial charge in [0.25, 0.3) is 0 Å². The number of anilines is 1. The van der Waals surface area contributed by atoms with Gasteiger partial charge in [0.05, 0.1) is 35.6 Å². The fourth-order valence-electron chi connectivity index (χ4n) is 2.29. The van der Waals surface area contributed by atoms with E-state index in [1.807, 2.05) is 0 Å². The summed E-state index contributed by atoms with van der Waals surface area (Å²) >= 11 is 0. The first kappa shape index (κ1) is 15.8. The van der Waals surface area contributed by atoms with Gasteiger partial charge in [-0.25, -0.2) is 8.42 Å². The minimum absolute atomic E-state index is 0.0109. The van der Waals surface area contributed by atoms with Gasteiger partial charge in [0.15, 0.2) is 9.84 Å². The number of carbonyl (C=O) groups is 1. The molecule has 116 valence electrons. The van der Waals surface area contributed by atoms with E-state index in [9.17, 15) is 18.3 Å². The Morgan fingerprint density at radius 1 is 1.48 bits per heavy atom. The second kappa shape index (κ2) is 5.65. The number of nitrogens with one attached hydrogen (secondary N) is 1. The lowest BCUT2D eigenvalue weighted by Gasteiger charge is -2.27. The van der Waals surface area contributed by atoms with E-state index in [4.69, 9.17) is 4.74 Å². The van der Waals surface area contributed by atoms with Gasteiger partial charge in [-0.1, -0.05) is 19.1 Å². The van der Waals surface area contributed by atoms with Crippen LogP contribution in [0.25, 0.3) is 0 Å². The molecule has 1 saturated heterocycles. The highest BCUT2D eigenvalue weighted by Crippen LogP contribution is 2.33. The third kappa shape index (κ3) is 2.89. The van der Waals surface area contributed by atoms with Crippen LogP contribution >= 0.6 is 0 Å². The fraction of sp³-hybridized carbons (Fsp3) is 0.500. The molecule has 2 N–H and O–H groups in total. The van der Waals surface area contributed by atoms with Crippen molar-refractivity contribution in [3.8, 4) is 0 Å². The number of para-hydroxylation sites is 1. The molecule has 1 aromatic carbocycles. The summed E-state index contributed by atoms with van der Waals surface area (Å²) in [6, 6.07) is 6.04. The van der Waals surface area contributed by atoms with E-state index < -0.39 is 27.3 Å².